The maximum atomic E-state index is 11.1. The third-order valence-electron chi connectivity index (χ3n) is 2.63. The lowest BCUT2D eigenvalue weighted by Crippen LogP contribution is -2.22. The normalized spacial score (nSPS) is 12.6. The highest BCUT2D eigenvalue weighted by atomic mass is 35.5. The summed E-state index contributed by atoms with van der Waals surface area (Å²) in [5.74, 6) is -0.00134. The average Bonchev–Trinajstić information content (AvgIpc) is 2.20. The van der Waals surface area contributed by atoms with Crippen LogP contribution in [-0.2, 0) is 0 Å². The standard InChI is InChI=1S/C12H17ClN2O/c1-7(2)8(3)15-9-4-5-11(13)10(6-9)12(14)16/h4-8,15H,1-3H3,(H2,14,16). The zero-order valence-corrected chi connectivity index (χ0v) is 10.5. The molecule has 1 amide bonds. The number of benzene rings is 1. The first kappa shape index (κ1) is 12.8. The Morgan fingerprint density at radius 3 is 2.50 bits per heavy atom. The Balaban J connectivity index is 2.91. The molecule has 16 heavy (non-hydrogen) atoms. The summed E-state index contributed by atoms with van der Waals surface area (Å²) in [7, 11) is 0. The Morgan fingerprint density at radius 1 is 1.38 bits per heavy atom. The van der Waals surface area contributed by atoms with Gasteiger partial charge in [0.1, 0.15) is 0 Å². The number of hydrogen-bond donors (Lipinski definition) is 2. The van der Waals surface area contributed by atoms with Crippen molar-refractivity contribution in [2.75, 3.05) is 5.32 Å². The smallest absolute Gasteiger partial charge is 0.250 e. The number of primary amides is 1. The van der Waals surface area contributed by atoms with Crippen LogP contribution in [0.4, 0.5) is 5.69 Å². The van der Waals surface area contributed by atoms with Crippen molar-refractivity contribution in [2.24, 2.45) is 11.7 Å². The first-order valence-corrected chi connectivity index (χ1v) is 5.65. The predicted octanol–water partition coefficient (Wildman–Crippen LogP) is 2.90. The molecule has 1 unspecified atom stereocenters. The third-order valence-corrected chi connectivity index (χ3v) is 2.96. The van der Waals surface area contributed by atoms with Crippen LogP contribution in [0.2, 0.25) is 5.02 Å². The lowest BCUT2D eigenvalue weighted by Gasteiger charge is -2.19. The molecule has 0 heterocycles. The number of rotatable bonds is 4. The molecule has 0 radical (unpaired) electrons. The maximum absolute atomic E-state index is 11.1. The molecule has 88 valence electrons. The molecule has 0 aromatic heterocycles. The van der Waals surface area contributed by atoms with Crippen molar-refractivity contribution in [1.29, 1.82) is 0 Å². The Morgan fingerprint density at radius 2 is 2.00 bits per heavy atom. The highest BCUT2D eigenvalue weighted by Gasteiger charge is 2.10. The van der Waals surface area contributed by atoms with Crippen molar-refractivity contribution in [3.05, 3.63) is 28.8 Å². The lowest BCUT2D eigenvalue weighted by atomic mass is 10.1. The molecule has 0 saturated heterocycles. The minimum atomic E-state index is -0.508. The van der Waals surface area contributed by atoms with E-state index in [1.807, 2.05) is 6.07 Å². The van der Waals surface area contributed by atoms with Crippen molar-refractivity contribution in [2.45, 2.75) is 26.8 Å². The van der Waals surface area contributed by atoms with Crippen LogP contribution in [0, 0.1) is 5.92 Å². The Labute approximate surface area is 101 Å². The lowest BCUT2D eigenvalue weighted by molar-refractivity contribution is 0.100. The number of nitrogens with one attached hydrogen (secondary N) is 1. The second kappa shape index (κ2) is 5.21. The number of carbonyl (C=O) groups is 1. The van der Waals surface area contributed by atoms with Crippen LogP contribution in [0.25, 0.3) is 0 Å². The van der Waals surface area contributed by atoms with Gasteiger partial charge in [0.05, 0.1) is 10.6 Å². The predicted molar refractivity (Wildman–Crippen MR) is 67.9 cm³/mol. The van der Waals surface area contributed by atoms with Gasteiger partial charge in [-0.3, -0.25) is 4.79 Å². The van der Waals surface area contributed by atoms with Gasteiger partial charge in [0.25, 0.3) is 0 Å². The van der Waals surface area contributed by atoms with Crippen molar-refractivity contribution < 1.29 is 4.79 Å². The zero-order chi connectivity index (χ0) is 12.3. The molecule has 1 rings (SSSR count). The van der Waals surface area contributed by atoms with E-state index in [9.17, 15) is 4.79 Å². The molecule has 1 atom stereocenters. The van der Waals surface area contributed by atoms with Gasteiger partial charge in [0, 0.05) is 11.7 Å². The third kappa shape index (κ3) is 3.14. The van der Waals surface area contributed by atoms with Gasteiger partial charge in [-0.05, 0) is 31.0 Å². The number of anilines is 1. The van der Waals surface area contributed by atoms with Crippen LogP contribution >= 0.6 is 11.6 Å². The highest BCUT2D eigenvalue weighted by Crippen LogP contribution is 2.21. The molecule has 0 aliphatic heterocycles. The van der Waals surface area contributed by atoms with Gasteiger partial charge in [-0.2, -0.15) is 0 Å². The van der Waals surface area contributed by atoms with E-state index in [1.54, 1.807) is 12.1 Å². The molecular formula is C12H17ClN2O. The highest BCUT2D eigenvalue weighted by molar-refractivity contribution is 6.33. The van der Waals surface area contributed by atoms with Crippen molar-refractivity contribution >= 4 is 23.2 Å². The average molecular weight is 241 g/mol. The second-order valence-corrected chi connectivity index (χ2v) is 4.64. The van der Waals surface area contributed by atoms with Crippen LogP contribution in [0.5, 0.6) is 0 Å². The van der Waals surface area contributed by atoms with Gasteiger partial charge in [-0.25, -0.2) is 0 Å². The van der Waals surface area contributed by atoms with Crippen molar-refractivity contribution in [1.82, 2.24) is 0 Å². The summed E-state index contributed by atoms with van der Waals surface area (Å²) < 4.78 is 0. The molecule has 0 aliphatic rings. The molecule has 3 nitrogen and oxygen atoms in total. The number of carbonyl (C=O) groups excluding carboxylic acids is 1. The quantitative estimate of drug-likeness (QED) is 0.850. The van der Waals surface area contributed by atoms with Crippen LogP contribution in [-0.4, -0.2) is 11.9 Å². The SMILES string of the molecule is CC(C)C(C)Nc1ccc(Cl)c(C(N)=O)c1. The monoisotopic (exact) mass is 240 g/mol. The summed E-state index contributed by atoms with van der Waals surface area (Å²) in [4.78, 5) is 11.1. The summed E-state index contributed by atoms with van der Waals surface area (Å²) in [5.41, 5.74) is 6.43. The second-order valence-electron chi connectivity index (χ2n) is 4.24. The topological polar surface area (TPSA) is 55.1 Å². The number of halogens is 1. The minimum Gasteiger partial charge on any atom is -0.382 e. The summed E-state index contributed by atoms with van der Waals surface area (Å²) in [6.07, 6.45) is 0. The van der Waals surface area contributed by atoms with Crippen LogP contribution in [0.15, 0.2) is 18.2 Å². The molecule has 1 aromatic rings. The molecule has 0 aliphatic carbocycles. The fraction of sp³-hybridized carbons (Fsp3) is 0.417. The number of nitrogens with two attached hydrogens (primary N) is 1. The summed E-state index contributed by atoms with van der Waals surface area (Å²) >= 11 is 5.86. The summed E-state index contributed by atoms with van der Waals surface area (Å²) in [6, 6.07) is 5.52. The van der Waals surface area contributed by atoms with E-state index in [1.165, 1.54) is 0 Å². The molecule has 4 heteroatoms. The van der Waals surface area contributed by atoms with E-state index in [0.29, 0.717) is 22.5 Å². The first-order valence-electron chi connectivity index (χ1n) is 5.27. The van der Waals surface area contributed by atoms with Gasteiger partial charge in [0.2, 0.25) is 5.91 Å². The van der Waals surface area contributed by atoms with E-state index in [-0.39, 0.29) is 0 Å². The largest absolute Gasteiger partial charge is 0.382 e. The molecule has 1 aromatic carbocycles. The van der Waals surface area contributed by atoms with Gasteiger partial charge in [-0.1, -0.05) is 25.4 Å². The van der Waals surface area contributed by atoms with Crippen molar-refractivity contribution in [3.63, 3.8) is 0 Å². The van der Waals surface area contributed by atoms with Gasteiger partial charge < -0.3 is 11.1 Å². The van der Waals surface area contributed by atoms with Crippen molar-refractivity contribution in [3.8, 4) is 0 Å². The molecule has 0 bridgehead atoms. The number of hydrogen-bond acceptors (Lipinski definition) is 2. The van der Waals surface area contributed by atoms with E-state index < -0.39 is 5.91 Å². The minimum absolute atomic E-state index is 0.321. The summed E-state index contributed by atoms with van der Waals surface area (Å²) in [6.45, 7) is 6.34. The van der Waals surface area contributed by atoms with Gasteiger partial charge >= 0.3 is 0 Å². The molecule has 0 saturated carbocycles. The number of amides is 1. The fourth-order valence-corrected chi connectivity index (χ4v) is 1.44. The molecule has 0 spiro atoms. The molecular weight excluding hydrogens is 224 g/mol. The van der Waals surface area contributed by atoms with E-state index in [2.05, 4.69) is 26.1 Å². The van der Waals surface area contributed by atoms with E-state index in [0.717, 1.165) is 5.69 Å². The van der Waals surface area contributed by atoms with Crippen LogP contribution in [0.3, 0.4) is 0 Å². The zero-order valence-electron chi connectivity index (χ0n) is 9.75. The maximum Gasteiger partial charge on any atom is 0.250 e. The van der Waals surface area contributed by atoms with E-state index in [4.69, 9.17) is 17.3 Å². The van der Waals surface area contributed by atoms with Crippen LogP contribution < -0.4 is 11.1 Å². The Hall–Kier alpha value is -1.22. The van der Waals surface area contributed by atoms with Gasteiger partial charge in [0.15, 0.2) is 0 Å². The van der Waals surface area contributed by atoms with Crippen LogP contribution in [0.1, 0.15) is 31.1 Å². The summed E-state index contributed by atoms with van der Waals surface area (Å²) in [5, 5.41) is 3.68. The van der Waals surface area contributed by atoms with E-state index >= 15 is 0 Å². The Kier molecular flexibility index (Phi) is 4.19. The molecule has 0 fully saturated rings. The fourth-order valence-electron chi connectivity index (χ4n) is 1.23. The first-order chi connectivity index (χ1) is 7.41. The molecule has 3 N–H and O–H groups in total. The van der Waals surface area contributed by atoms with Gasteiger partial charge in [-0.15, -0.1) is 0 Å². The Bertz CT molecular complexity index is 391.